The van der Waals surface area contributed by atoms with Crippen LogP contribution in [0.15, 0.2) is 30.3 Å². The highest BCUT2D eigenvalue weighted by molar-refractivity contribution is 7.80. The molecule has 0 aliphatic rings. The van der Waals surface area contributed by atoms with E-state index in [1.165, 1.54) is 77.0 Å². The first-order valence-corrected chi connectivity index (χ1v) is 11.3. The monoisotopic (exact) mass is 376 g/mol. The first-order chi connectivity index (χ1) is 12.8. The van der Waals surface area contributed by atoms with E-state index in [0.717, 1.165) is 23.9 Å². The molecule has 0 fully saturated rings. The molecule has 0 atom stereocenters. The molecule has 0 radical (unpaired) electrons. The van der Waals surface area contributed by atoms with Gasteiger partial charge in [0.05, 0.1) is 0 Å². The molecule has 0 aromatic heterocycles. The summed E-state index contributed by atoms with van der Waals surface area (Å²) >= 11 is 5.71. The van der Waals surface area contributed by atoms with Gasteiger partial charge in [0.2, 0.25) is 0 Å². The van der Waals surface area contributed by atoms with Crippen molar-refractivity contribution in [1.29, 1.82) is 0 Å². The third-order valence-electron chi connectivity index (χ3n) is 4.88. The Balaban J connectivity index is 2.36. The summed E-state index contributed by atoms with van der Waals surface area (Å²) in [5.74, 6) is 0. The van der Waals surface area contributed by atoms with Crippen LogP contribution in [0.2, 0.25) is 0 Å². The number of hydrogen-bond donors (Lipinski definition) is 1. The summed E-state index contributed by atoms with van der Waals surface area (Å²) in [6, 6.07) is 10.3. The van der Waals surface area contributed by atoms with Gasteiger partial charge in [0.15, 0.2) is 5.11 Å². The molecule has 1 aromatic carbocycles. The van der Waals surface area contributed by atoms with Crippen LogP contribution in [-0.2, 0) is 0 Å². The molecule has 26 heavy (non-hydrogen) atoms. The molecule has 0 heterocycles. The average Bonchev–Trinajstić information content (AvgIpc) is 2.66. The molecule has 0 aliphatic carbocycles. The second kappa shape index (κ2) is 16.1. The summed E-state index contributed by atoms with van der Waals surface area (Å²) in [5, 5.41) is 4.31. The van der Waals surface area contributed by atoms with Crippen LogP contribution in [0.4, 0.5) is 5.69 Å². The Morgan fingerprint density at radius 3 is 1.69 bits per heavy atom. The average molecular weight is 377 g/mol. The van der Waals surface area contributed by atoms with Gasteiger partial charge < -0.3 is 10.2 Å². The molecule has 1 aromatic rings. The predicted octanol–water partition coefficient (Wildman–Crippen LogP) is 7.41. The zero-order chi connectivity index (χ0) is 18.9. The molecular weight excluding hydrogens is 336 g/mol. The van der Waals surface area contributed by atoms with Crippen molar-refractivity contribution in [3.63, 3.8) is 0 Å². The van der Waals surface area contributed by atoms with Crippen LogP contribution in [0.1, 0.15) is 90.9 Å². The normalized spacial score (nSPS) is 10.7. The van der Waals surface area contributed by atoms with E-state index in [9.17, 15) is 0 Å². The minimum Gasteiger partial charge on any atom is -0.349 e. The minimum absolute atomic E-state index is 0.887. The quantitative estimate of drug-likeness (QED) is 0.253. The van der Waals surface area contributed by atoms with Crippen molar-refractivity contribution in [2.75, 3.05) is 18.4 Å². The van der Waals surface area contributed by atoms with Gasteiger partial charge in [-0.3, -0.25) is 0 Å². The number of unbranched alkanes of at least 4 members (excludes halogenated alkanes) is 10. The van der Waals surface area contributed by atoms with Gasteiger partial charge in [-0.1, -0.05) is 96.3 Å². The van der Waals surface area contributed by atoms with Crippen LogP contribution in [0.25, 0.3) is 0 Å². The fourth-order valence-electron chi connectivity index (χ4n) is 3.20. The number of nitrogens with one attached hydrogen (secondary N) is 1. The van der Waals surface area contributed by atoms with Gasteiger partial charge in [0.1, 0.15) is 0 Å². The largest absolute Gasteiger partial charge is 0.349 e. The summed E-state index contributed by atoms with van der Waals surface area (Å²) in [5.41, 5.74) is 1.09. The molecule has 148 valence electrons. The first kappa shape index (κ1) is 23.0. The number of rotatable bonds is 15. The van der Waals surface area contributed by atoms with E-state index in [2.05, 4.69) is 48.3 Å². The van der Waals surface area contributed by atoms with Gasteiger partial charge >= 0.3 is 0 Å². The van der Waals surface area contributed by atoms with Crippen LogP contribution in [0.5, 0.6) is 0 Å². The van der Waals surface area contributed by atoms with Crippen molar-refractivity contribution < 1.29 is 0 Å². The van der Waals surface area contributed by atoms with E-state index in [-0.39, 0.29) is 0 Å². The van der Waals surface area contributed by atoms with Crippen molar-refractivity contribution in [3.8, 4) is 0 Å². The Morgan fingerprint density at radius 1 is 0.731 bits per heavy atom. The van der Waals surface area contributed by atoms with Crippen LogP contribution < -0.4 is 5.32 Å². The zero-order valence-electron chi connectivity index (χ0n) is 17.1. The van der Waals surface area contributed by atoms with E-state index < -0.39 is 0 Å². The Labute approximate surface area is 167 Å². The van der Waals surface area contributed by atoms with Gasteiger partial charge in [-0.05, 0) is 37.2 Å². The van der Waals surface area contributed by atoms with Gasteiger partial charge in [-0.25, -0.2) is 0 Å². The maximum atomic E-state index is 5.71. The summed E-state index contributed by atoms with van der Waals surface area (Å²) in [6.45, 7) is 6.71. The lowest BCUT2D eigenvalue weighted by Crippen LogP contribution is -2.36. The Hall–Kier alpha value is -1.09. The van der Waals surface area contributed by atoms with E-state index in [0.29, 0.717) is 0 Å². The molecule has 0 bridgehead atoms. The Bertz CT molecular complexity index is 431. The lowest BCUT2D eigenvalue weighted by atomic mass is 10.1. The molecule has 2 nitrogen and oxygen atoms in total. The van der Waals surface area contributed by atoms with Crippen molar-refractivity contribution >= 4 is 23.0 Å². The van der Waals surface area contributed by atoms with Crippen molar-refractivity contribution in [3.05, 3.63) is 30.3 Å². The smallest absolute Gasteiger partial charge is 0.173 e. The molecule has 1 rings (SSSR count). The topological polar surface area (TPSA) is 15.3 Å². The molecular formula is C23H40N2S. The number of thiocarbonyl (C=S) groups is 1. The number of nitrogens with zero attached hydrogens (tertiary/aromatic N) is 1. The SMILES string of the molecule is CCCCCCCCN(CCCCCCCC)C(=S)Nc1ccccc1. The number of para-hydroxylation sites is 1. The zero-order valence-corrected chi connectivity index (χ0v) is 18.0. The second-order valence-electron chi connectivity index (χ2n) is 7.32. The fourth-order valence-corrected chi connectivity index (χ4v) is 3.51. The number of hydrogen-bond acceptors (Lipinski definition) is 1. The Kier molecular flexibility index (Phi) is 14.2. The summed E-state index contributed by atoms with van der Waals surface area (Å²) in [4.78, 5) is 2.39. The molecule has 0 spiro atoms. The van der Waals surface area contributed by atoms with Crippen molar-refractivity contribution in [1.82, 2.24) is 4.90 Å². The highest BCUT2D eigenvalue weighted by Gasteiger charge is 2.09. The molecule has 0 saturated carbocycles. The maximum absolute atomic E-state index is 5.71. The minimum atomic E-state index is 0.887. The molecule has 0 unspecified atom stereocenters. The summed E-state index contributed by atoms with van der Waals surface area (Å²) < 4.78 is 0. The van der Waals surface area contributed by atoms with Gasteiger partial charge in [-0.2, -0.15) is 0 Å². The van der Waals surface area contributed by atoms with Crippen LogP contribution in [0.3, 0.4) is 0 Å². The second-order valence-corrected chi connectivity index (χ2v) is 7.71. The summed E-state index contributed by atoms with van der Waals surface area (Å²) in [6.07, 6.45) is 16.0. The van der Waals surface area contributed by atoms with Gasteiger partial charge in [0.25, 0.3) is 0 Å². The van der Waals surface area contributed by atoms with E-state index in [4.69, 9.17) is 12.2 Å². The van der Waals surface area contributed by atoms with E-state index >= 15 is 0 Å². The van der Waals surface area contributed by atoms with Crippen molar-refractivity contribution in [2.24, 2.45) is 0 Å². The predicted molar refractivity (Wildman–Crippen MR) is 121 cm³/mol. The van der Waals surface area contributed by atoms with Crippen molar-refractivity contribution in [2.45, 2.75) is 90.9 Å². The number of anilines is 1. The molecule has 0 aliphatic heterocycles. The van der Waals surface area contributed by atoms with Crippen LogP contribution >= 0.6 is 12.2 Å². The standard InChI is InChI=1S/C23H40N2S/c1-3-5-7-9-11-16-20-25(21-17-12-10-8-6-4-2)23(26)24-22-18-14-13-15-19-22/h13-15,18-19H,3-12,16-17,20-21H2,1-2H3,(H,24,26). The molecule has 0 amide bonds. The lowest BCUT2D eigenvalue weighted by Gasteiger charge is -2.26. The van der Waals surface area contributed by atoms with Crippen LogP contribution in [0, 0.1) is 0 Å². The lowest BCUT2D eigenvalue weighted by molar-refractivity contribution is 0.389. The highest BCUT2D eigenvalue weighted by atomic mass is 32.1. The third kappa shape index (κ3) is 11.5. The Morgan fingerprint density at radius 2 is 1.19 bits per heavy atom. The third-order valence-corrected chi connectivity index (χ3v) is 5.24. The molecule has 1 N–H and O–H groups in total. The molecule has 3 heteroatoms. The van der Waals surface area contributed by atoms with E-state index in [1.807, 2.05) is 6.07 Å². The van der Waals surface area contributed by atoms with Gasteiger partial charge in [-0.15, -0.1) is 0 Å². The highest BCUT2D eigenvalue weighted by Crippen LogP contribution is 2.12. The number of benzene rings is 1. The van der Waals surface area contributed by atoms with Crippen LogP contribution in [-0.4, -0.2) is 23.1 Å². The maximum Gasteiger partial charge on any atom is 0.173 e. The van der Waals surface area contributed by atoms with E-state index in [1.54, 1.807) is 0 Å². The first-order valence-electron chi connectivity index (χ1n) is 10.9. The fraction of sp³-hybridized carbons (Fsp3) is 0.696. The molecule has 0 saturated heterocycles. The summed E-state index contributed by atoms with van der Waals surface area (Å²) in [7, 11) is 0. The van der Waals surface area contributed by atoms with Gasteiger partial charge in [0, 0.05) is 18.8 Å².